The first-order valence-corrected chi connectivity index (χ1v) is 5.74. The van der Waals surface area contributed by atoms with Crippen LogP contribution in [-0.2, 0) is 16.0 Å². The first-order chi connectivity index (χ1) is 8.33. The maximum atomic E-state index is 9.06. The van der Waals surface area contributed by atoms with Gasteiger partial charge in [-0.15, -0.1) is 0 Å². The second kappa shape index (κ2) is 8.92. The Hall–Kier alpha value is -1.17. The highest BCUT2D eigenvalue weighted by Crippen LogP contribution is 2.05. The summed E-state index contributed by atoms with van der Waals surface area (Å²) in [6.07, 6.45) is 2.41. The molecule has 0 fully saturated rings. The third-order valence-electron chi connectivity index (χ3n) is 2.19. The van der Waals surface area contributed by atoms with Crippen LogP contribution in [0.25, 0.3) is 0 Å². The normalized spacial score (nSPS) is 10.6. The zero-order chi connectivity index (χ0) is 12.3. The van der Waals surface area contributed by atoms with E-state index in [0.29, 0.717) is 19.8 Å². The van der Waals surface area contributed by atoms with Crippen LogP contribution in [0.3, 0.4) is 0 Å². The molecule has 0 radical (unpaired) electrons. The van der Waals surface area contributed by atoms with Gasteiger partial charge in [-0.25, -0.2) is 0 Å². The number of nitrogens with zero attached hydrogens (tertiary/aromatic N) is 1. The zero-order valence-electron chi connectivity index (χ0n) is 10.2. The Morgan fingerprint density at radius 3 is 2.88 bits per heavy atom. The first-order valence-electron chi connectivity index (χ1n) is 5.74. The monoisotopic (exact) mass is 240 g/mol. The second-order valence-corrected chi connectivity index (χ2v) is 3.64. The van der Waals surface area contributed by atoms with Crippen LogP contribution in [0.5, 0.6) is 5.75 Å². The predicted octanol–water partition coefficient (Wildman–Crippen LogP) is 0.930. The largest absolute Gasteiger partial charge is 0.506 e. The summed E-state index contributed by atoms with van der Waals surface area (Å²) in [6.45, 7) is 3.62. The van der Waals surface area contributed by atoms with Gasteiger partial charge in [-0.1, -0.05) is 0 Å². The van der Waals surface area contributed by atoms with Gasteiger partial charge in [0, 0.05) is 20.3 Å². The summed E-state index contributed by atoms with van der Waals surface area (Å²) in [5.74, 6) is 0.195. The average Bonchev–Trinajstić information content (AvgIpc) is 2.35. The van der Waals surface area contributed by atoms with E-state index < -0.39 is 0 Å². The fraction of sp³-hybridized carbons (Fsp3) is 0.583. The van der Waals surface area contributed by atoms with Crippen molar-refractivity contribution < 1.29 is 14.6 Å². The molecule has 1 aromatic rings. The van der Waals surface area contributed by atoms with Crippen LogP contribution in [0.1, 0.15) is 12.1 Å². The molecule has 96 valence electrons. The Kier molecular flexibility index (Phi) is 7.29. The lowest BCUT2D eigenvalue weighted by Gasteiger charge is -2.05. The number of rotatable bonds is 9. The molecule has 0 bridgehead atoms. The molecular formula is C12H20N2O3. The molecule has 0 saturated carbocycles. The van der Waals surface area contributed by atoms with Crippen LogP contribution in [0, 0.1) is 0 Å². The second-order valence-electron chi connectivity index (χ2n) is 3.64. The molecule has 17 heavy (non-hydrogen) atoms. The van der Waals surface area contributed by atoms with Crippen LogP contribution < -0.4 is 5.32 Å². The van der Waals surface area contributed by atoms with E-state index in [1.807, 2.05) is 0 Å². The highest BCUT2D eigenvalue weighted by molar-refractivity contribution is 5.17. The molecule has 1 rings (SSSR count). The highest BCUT2D eigenvalue weighted by atomic mass is 16.5. The number of aromatic nitrogens is 1. The first kappa shape index (κ1) is 13.9. The van der Waals surface area contributed by atoms with Crippen LogP contribution in [-0.4, -0.2) is 43.6 Å². The van der Waals surface area contributed by atoms with Gasteiger partial charge >= 0.3 is 0 Å². The summed E-state index contributed by atoms with van der Waals surface area (Å²) in [7, 11) is 1.66. The topological polar surface area (TPSA) is 63.6 Å². The molecule has 0 aromatic carbocycles. The number of hydrogen-bond donors (Lipinski definition) is 2. The van der Waals surface area contributed by atoms with Gasteiger partial charge in [-0.3, -0.25) is 4.98 Å². The summed E-state index contributed by atoms with van der Waals surface area (Å²) >= 11 is 0. The SMILES string of the molecule is COCCOCCCNCc1ccc(O)cn1. The van der Waals surface area contributed by atoms with E-state index >= 15 is 0 Å². The van der Waals surface area contributed by atoms with Crippen molar-refractivity contribution in [2.24, 2.45) is 0 Å². The van der Waals surface area contributed by atoms with Gasteiger partial charge in [0.2, 0.25) is 0 Å². The van der Waals surface area contributed by atoms with E-state index in [1.165, 1.54) is 6.20 Å². The lowest BCUT2D eigenvalue weighted by Crippen LogP contribution is -2.17. The number of pyridine rings is 1. The molecule has 0 aliphatic heterocycles. The summed E-state index contributed by atoms with van der Waals surface area (Å²) in [4.78, 5) is 4.08. The average molecular weight is 240 g/mol. The quantitative estimate of drug-likeness (QED) is 0.629. The minimum atomic E-state index is 0.195. The summed E-state index contributed by atoms with van der Waals surface area (Å²) in [5, 5.41) is 12.3. The zero-order valence-corrected chi connectivity index (χ0v) is 10.2. The molecule has 0 unspecified atom stereocenters. The molecule has 0 aliphatic carbocycles. The van der Waals surface area contributed by atoms with Gasteiger partial charge in [-0.2, -0.15) is 0 Å². The molecular weight excluding hydrogens is 220 g/mol. The van der Waals surface area contributed by atoms with Crippen molar-refractivity contribution in [2.45, 2.75) is 13.0 Å². The highest BCUT2D eigenvalue weighted by Gasteiger charge is 1.94. The van der Waals surface area contributed by atoms with E-state index in [9.17, 15) is 0 Å². The minimum Gasteiger partial charge on any atom is -0.506 e. The van der Waals surface area contributed by atoms with Gasteiger partial charge in [0.25, 0.3) is 0 Å². The Morgan fingerprint density at radius 2 is 2.18 bits per heavy atom. The smallest absolute Gasteiger partial charge is 0.133 e. The van der Waals surface area contributed by atoms with Crippen molar-refractivity contribution in [1.82, 2.24) is 10.3 Å². The molecule has 0 spiro atoms. The Balaban J connectivity index is 1.95. The summed E-state index contributed by atoms with van der Waals surface area (Å²) < 4.78 is 10.2. The maximum Gasteiger partial charge on any atom is 0.133 e. The van der Waals surface area contributed by atoms with Crippen molar-refractivity contribution in [3.8, 4) is 5.75 Å². The van der Waals surface area contributed by atoms with E-state index in [1.54, 1.807) is 19.2 Å². The molecule has 1 heterocycles. The summed E-state index contributed by atoms with van der Waals surface area (Å²) in [5.41, 5.74) is 0.920. The lowest BCUT2D eigenvalue weighted by molar-refractivity contribution is 0.0694. The van der Waals surface area contributed by atoms with Crippen molar-refractivity contribution in [1.29, 1.82) is 0 Å². The van der Waals surface area contributed by atoms with Crippen molar-refractivity contribution >= 4 is 0 Å². The Labute approximate surface area is 102 Å². The van der Waals surface area contributed by atoms with Gasteiger partial charge < -0.3 is 19.9 Å². The van der Waals surface area contributed by atoms with Gasteiger partial charge in [0.1, 0.15) is 5.75 Å². The third-order valence-corrected chi connectivity index (χ3v) is 2.19. The standard InChI is InChI=1S/C12H20N2O3/c1-16-7-8-17-6-2-5-13-9-11-3-4-12(15)10-14-11/h3-4,10,13,15H,2,5-9H2,1H3. The molecule has 5 nitrogen and oxygen atoms in total. The van der Waals surface area contributed by atoms with E-state index in [-0.39, 0.29) is 5.75 Å². The molecule has 0 amide bonds. The fourth-order valence-electron chi connectivity index (χ4n) is 1.28. The van der Waals surface area contributed by atoms with Crippen LogP contribution in [0.4, 0.5) is 0 Å². The predicted molar refractivity (Wildman–Crippen MR) is 64.9 cm³/mol. The lowest BCUT2D eigenvalue weighted by atomic mass is 10.3. The number of aromatic hydroxyl groups is 1. The van der Waals surface area contributed by atoms with Crippen molar-refractivity contribution in [2.75, 3.05) is 33.5 Å². The van der Waals surface area contributed by atoms with Gasteiger partial charge in [0.05, 0.1) is 25.1 Å². The molecule has 0 saturated heterocycles. The Bertz CT molecular complexity index is 290. The Morgan fingerprint density at radius 1 is 1.29 bits per heavy atom. The number of ether oxygens (including phenoxy) is 2. The van der Waals surface area contributed by atoms with E-state index in [4.69, 9.17) is 14.6 Å². The van der Waals surface area contributed by atoms with Crippen molar-refractivity contribution in [3.63, 3.8) is 0 Å². The van der Waals surface area contributed by atoms with E-state index in [2.05, 4.69) is 10.3 Å². The minimum absolute atomic E-state index is 0.195. The van der Waals surface area contributed by atoms with Crippen LogP contribution >= 0.6 is 0 Å². The van der Waals surface area contributed by atoms with Gasteiger partial charge in [0.15, 0.2) is 0 Å². The van der Waals surface area contributed by atoms with Crippen LogP contribution in [0.15, 0.2) is 18.3 Å². The van der Waals surface area contributed by atoms with E-state index in [0.717, 1.165) is 25.3 Å². The molecule has 1 aromatic heterocycles. The fourth-order valence-corrected chi connectivity index (χ4v) is 1.28. The summed E-state index contributed by atoms with van der Waals surface area (Å²) in [6, 6.07) is 3.44. The molecule has 0 atom stereocenters. The molecule has 2 N–H and O–H groups in total. The molecule has 0 aliphatic rings. The number of methoxy groups -OCH3 is 1. The number of nitrogens with one attached hydrogen (secondary N) is 1. The number of hydrogen-bond acceptors (Lipinski definition) is 5. The van der Waals surface area contributed by atoms with Gasteiger partial charge in [-0.05, 0) is 25.1 Å². The maximum absolute atomic E-state index is 9.06. The van der Waals surface area contributed by atoms with Crippen LogP contribution in [0.2, 0.25) is 0 Å². The molecule has 5 heteroatoms. The van der Waals surface area contributed by atoms with Crippen molar-refractivity contribution in [3.05, 3.63) is 24.0 Å². The third kappa shape index (κ3) is 6.88.